The van der Waals surface area contributed by atoms with E-state index in [0.29, 0.717) is 12.0 Å². The van der Waals surface area contributed by atoms with Crippen molar-refractivity contribution in [2.45, 2.75) is 18.9 Å². The molecule has 2 aromatic carbocycles. The third-order valence-electron chi connectivity index (χ3n) is 4.46. The molecule has 1 aliphatic rings. The lowest BCUT2D eigenvalue weighted by Crippen LogP contribution is -2.19. The van der Waals surface area contributed by atoms with E-state index in [2.05, 4.69) is 78.9 Å². The van der Waals surface area contributed by atoms with Crippen LogP contribution in [0.5, 0.6) is 0 Å². The Labute approximate surface area is 127 Å². The van der Waals surface area contributed by atoms with Gasteiger partial charge in [-0.25, -0.2) is 0 Å². The van der Waals surface area contributed by atoms with Gasteiger partial charge in [0.15, 0.2) is 0 Å². The summed E-state index contributed by atoms with van der Waals surface area (Å²) >= 11 is 0. The summed E-state index contributed by atoms with van der Waals surface area (Å²) in [5.74, 6) is 0.692. The standard InChI is InChI=1S/C19H24N2/c1-21(2)18-10-8-16(9-11-18)19-17(12-13-20-19)14-15-6-4-3-5-7-15/h3-11,17,19-20H,12-14H2,1-2H3. The number of nitrogens with one attached hydrogen (secondary N) is 1. The van der Waals surface area contributed by atoms with Gasteiger partial charge < -0.3 is 10.2 Å². The minimum Gasteiger partial charge on any atom is -0.378 e. The summed E-state index contributed by atoms with van der Waals surface area (Å²) in [6.07, 6.45) is 2.42. The normalized spacial score (nSPS) is 21.4. The fraction of sp³-hybridized carbons (Fsp3) is 0.368. The number of nitrogens with zero attached hydrogens (tertiary/aromatic N) is 1. The maximum Gasteiger partial charge on any atom is 0.0361 e. The van der Waals surface area contributed by atoms with Crippen LogP contribution >= 0.6 is 0 Å². The van der Waals surface area contributed by atoms with E-state index in [1.807, 2.05) is 0 Å². The molecule has 1 fully saturated rings. The molecule has 3 rings (SSSR count). The second kappa shape index (κ2) is 6.31. The van der Waals surface area contributed by atoms with Crippen molar-refractivity contribution >= 4 is 5.69 Å². The van der Waals surface area contributed by atoms with Gasteiger partial charge in [-0.1, -0.05) is 42.5 Å². The van der Waals surface area contributed by atoms with Gasteiger partial charge in [-0.15, -0.1) is 0 Å². The van der Waals surface area contributed by atoms with E-state index in [1.165, 1.54) is 23.2 Å². The Hall–Kier alpha value is -1.80. The summed E-state index contributed by atoms with van der Waals surface area (Å²) in [6, 6.07) is 20.3. The van der Waals surface area contributed by atoms with Crippen molar-refractivity contribution in [2.75, 3.05) is 25.5 Å². The van der Waals surface area contributed by atoms with Crippen LogP contribution in [0.15, 0.2) is 54.6 Å². The Morgan fingerprint density at radius 1 is 1.00 bits per heavy atom. The Morgan fingerprint density at radius 2 is 1.71 bits per heavy atom. The van der Waals surface area contributed by atoms with E-state index in [-0.39, 0.29) is 0 Å². The van der Waals surface area contributed by atoms with Crippen LogP contribution in [-0.4, -0.2) is 20.6 Å². The van der Waals surface area contributed by atoms with Crippen LogP contribution in [0.25, 0.3) is 0 Å². The molecule has 0 bridgehead atoms. The zero-order valence-electron chi connectivity index (χ0n) is 12.9. The average molecular weight is 280 g/mol. The van der Waals surface area contributed by atoms with Crippen LogP contribution in [-0.2, 0) is 6.42 Å². The average Bonchev–Trinajstić information content (AvgIpc) is 2.96. The van der Waals surface area contributed by atoms with E-state index in [9.17, 15) is 0 Å². The molecule has 0 aliphatic carbocycles. The number of anilines is 1. The summed E-state index contributed by atoms with van der Waals surface area (Å²) < 4.78 is 0. The van der Waals surface area contributed by atoms with Crippen LogP contribution < -0.4 is 10.2 Å². The minimum atomic E-state index is 0.487. The van der Waals surface area contributed by atoms with E-state index >= 15 is 0 Å². The van der Waals surface area contributed by atoms with E-state index in [4.69, 9.17) is 0 Å². The molecule has 0 amide bonds. The van der Waals surface area contributed by atoms with Gasteiger partial charge in [0.1, 0.15) is 0 Å². The summed E-state index contributed by atoms with van der Waals surface area (Å²) in [5.41, 5.74) is 4.12. The highest BCUT2D eigenvalue weighted by Gasteiger charge is 2.28. The fourth-order valence-corrected chi connectivity index (χ4v) is 3.26. The molecule has 1 N–H and O–H groups in total. The number of hydrogen-bond donors (Lipinski definition) is 1. The minimum absolute atomic E-state index is 0.487. The Kier molecular flexibility index (Phi) is 4.26. The van der Waals surface area contributed by atoms with Crippen molar-refractivity contribution in [3.05, 3.63) is 65.7 Å². The van der Waals surface area contributed by atoms with Crippen LogP contribution in [0.2, 0.25) is 0 Å². The second-order valence-corrected chi connectivity index (χ2v) is 6.16. The molecular weight excluding hydrogens is 256 g/mol. The summed E-state index contributed by atoms with van der Waals surface area (Å²) in [6.45, 7) is 1.12. The molecule has 110 valence electrons. The number of benzene rings is 2. The maximum atomic E-state index is 3.68. The maximum absolute atomic E-state index is 3.68. The fourth-order valence-electron chi connectivity index (χ4n) is 3.26. The van der Waals surface area contributed by atoms with Crippen molar-refractivity contribution in [3.63, 3.8) is 0 Å². The van der Waals surface area contributed by atoms with Crippen LogP contribution in [0.4, 0.5) is 5.69 Å². The first-order valence-electron chi connectivity index (χ1n) is 7.78. The first kappa shape index (κ1) is 14.2. The smallest absolute Gasteiger partial charge is 0.0361 e. The van der Waals surface area contributed by atoms with E-state index < -0.39 is 0 Å². The highest BCUT2D eigenvalue weighted by molar-refractivity contribution is 5.46. The van der Waals surface area contributed by atoms with Gasteiger partial charge in [0, 0.05) is 25.8 Å². The lowest BCUT2D eigenvalue weighted by atomic mass is 9.88. The van der Waals surface area contributed by atoms with Gasteiger partial charge in [0.25, 0.3) is 0 Å². The van der Waals surface area contributed by atoms with E-state index in [1.54, 1.807) is 0 Å². The van der Waals surface area contributed by atoms with E-state index in [0.717, 1.165) is 13.0 Å². The Bertz CT molecular complexity index is 560. The van der Waals surface area contributed by atoms with Gasteiger partial charge in [-0.3, -0.25) is 0 Å². The molecule has 2 nitrogen and oxygen atoms in total. The topological polar surface area (TPSA) is 15.3 Å². The molecule has 0 saturated carbocycles. The van der Waals surface area contributed by atoms with Crippen molar-refractivity contribution in [3.8, 4) is 0 Å². The predicted molar refractivity (Wildman–Crippen MR) is 89.8 cm³/mol. The van der Waals surface area contributed by atoms with Gasteiger partial charge in [-0.2, -0.15) is 0 Å². The lowest BCUT2D eigenvalue weighted by molar-refractivity contribution is 0.460. The summed E-state index contributed by atoms with van der Waals surface area (Å²) in [4.78, 5) is 2.15. The first-order chi connectivity index (χ1) is 10.2. The molecule has 2 atom stereocenters. The number of hydrogen-bond acceptors (Lipinski definition) is 2. The van der Waals surface area contributed by atoms with Gasteiger partial charge in [-0.05, 0) is 48.6 Å². The van der Waals surface area contributed by atoms with Gasteiger partial charge in [0.05, 0.1) is 0 Å². The molecule has 2 aromatic rings. The lowest BCUT2D eigenvalue weighted by Gasteiger charge is -2.21. The zero-order valence-corrected chi connectivity index (χ0v) is 12.9. The quantitative estimate of drug-likeness (QED) is 0.919. The van der Waals surface area contributed by atoms with Crippen LogP contribution in [0.3, 0.4) is 0 Å². The van der Waals surface area contributed by atoms with Crippen molar-refractivity contribution < 1.29 is 0 Å². The Morgan fingerprint density at radius 3 is 2.38 bits per heavy atom. The third kappa shape index (κ3) is 3.27. The highest BCUT2D eigenvalue weighted by Crippen LogP contribution is 2.32. The van der Waals surface area contributed by atoms with Gasteiger partial charge >= 0.3 is 0 Å². The van der Waals surface area contributed by atoms with Crippen LogP contribution in [0.1, 0.15) is 23.6 Å². The molecule has 0 spiro atoms. The first-order valence-corrected chi connectivity index (χ1v) is 7.78. The summed E-state index contributed by atoms with van der Waals surface area (Å²) in [7, 11) is 4.17. The number of rotatable bonds is 4. The largest absolute Gasteiger partial charge is 0.378 e. The van der Waals surface area contributed by atoms with Gasteiger partial charge in [0.2, 0.25) is 0 Å². The molecule has 1 aliphatic heterocycles. The molecule has 2 unspecified atom stereocenters. The predicted octanol–water partition coefficient (Wildman–Crippen LogP) is 3.65. The second-order valence-electron chi connectivity index (χ2n) is 6.16. The Balaban J connectivity index is 1.74. The van der Waals surface area contributed by atoms with Crippen molar-refractivity contribution in [2.24, 2.45) is 5.92 Å². The SMILES string of the molecule is CN(C)c1ccc(C2NCCC2Cc2ccccc2)cc1. The molecule has 21 heavy (non-hydrogen) atoms. The zero-order chi connectivity index (χ0) is 14.7. The molecule has 1 saturated heterocycles. The summed E-state index contributed by atoms with van der Waals surface area (Å²) in [5, 5.41) is 3.68. The molecular formula is C19H24N2. The monoisotopic (exact) mass is 280 g/mol. The molecule has 2 heteroatoms. The molecule has 0 radical (unpaired) electrons. The van der Waals surface area contributed by atoms with Crippen molar-refractivity contribution in [1.82, 2.24) is 5.32 Å². The molecule has 1 heterocycles. The van der Waals surface area contributed by atoms with Crippen molar-refractivity contribution in [1.29, 1.82) is 0 Å². The molecule has 0 aromatic heterocycles. The highest BCUT2D eigenvalue weighted by atomic mass is 15.1. The van der Waals surface area contributed by atoms with Crippen LogP contribution in [0, 0.1) is 5.92 Å². The third-order valence-corrected chi connectivity index (χ3v) is 4.46.